The molecule has 0 aliphatic carbocycles. The van der Waals surface area contributed by atoms with Crippen LogP contribution in [0.4, 0.5) is 8.78 Å². The molecule has 0 radical (unpaired) electrons. The van der Waals surface area contributed by atoms with Crippen LogP contribution in [0.1, 0.15) is 12.5 Å². The van der Waals surface area contributed by atoms with Crippen LogP contribution in [-0.2, 0) is 4.79 Å². The molecule has 0 aromatic heterocycles. The molecule has 0 unspecified atom stereocenters. The Labute approximate surface area is 88.6 Å². The fourth-order valence-corrected chi connectivity index (χ4v) is 1.24. The fraction of sp³-hybridized carbons (Fsp3) is 0.100. The molecule has 0 N–H and O–H groups in total. The lowest BCUT2D eigenvalue weighted by Gasteiger charge is -2.00. The summed E-state index contributed by atoms with van der Waals surface area (Å²) >= 11 is 2.77. The number of hydrogen-bond donors (Lipinski definition) is 0. The minimum Gasteiger partial charge on any atom is -0.295 e. The van der Waals surface area contributed by atoms with Gasteiger partial charge < -0.3 is 0 Å². The maximum atomic E-state index is 13.3. The van der Waals surface area contributed by atoms with E-state index < -0.39 is 11.6 Å². The predicted octanol–water partition coefficient (Wildman–Crippen LogP) is 3.33. The Kier molecular flexibility index (Phi) is 3.52. The van der Waals surface area contributed by atoms with E-state index in [1.54, 1.807) is 0 Å². The van der Waals surface area contributed by atoms with Crippen LogP contribution in [0.3, 0.4) is 0 Å². The Morgan fingerprint density at radius 3 is 2.64 bits per heavy atom. The van der Waals surface area contributed by atoms with Crippen LogP contribution >= 0.6 is 15.9 Å². The molecule has 0 saturated carbocycles. The third kappa shape index (κ3) is 2.48. The minimum atomic E-state index is -0.706. The number of rotatable bonds is 2. The fourth-order valence-electron chi connectivity index (χ4n) is 0.877. The van der Waals surface area contributed by atoms with Gasteiger partial charge >= 0.3 is 0 Å². The number of halogens is 3. The summed E-state index contributed by atoms with van der Waals surface area (Å²) in [6.07, 6.45) is 2.53. The molecule has 0 saturated heterocycles. The van der Waals surface area contributed by atoms with Gasteiger partial charge in [-0.15, -0.1) is 0 Å². The predicted molar refractivity (Wildman–Crippen MR) is 53.8 cm³/mol. The van der Waals surface area contributed by atoms with E-state index in [-0.39, 0.29) is 15.8 Å². The summed E-state index contributed by atoms with van der Waals surface area (Å²) in [5.74, 6) is -1.56. The first-order chi connectivity index (χ1) is 6.52. The van der Waals surface area contributed by atoms with Crippen LogP contribution in [0.15, 0.2) is 22.7 Å². The van der Waals surface area contributed by atoms with Crippen LogP contribution in [0.2, 0.25) is 0 Å². The number of carbonyl (C=O) groups excluding carboxylic acids is 1. The Morgan fingerprint density at radius 1 is 1.43 bits per heavy atom. The Bertz CT molecular complexity index is 399. The Balaban J connectivity index is 3.12. The third-order valence-corrected chi connectivity index (χ3v) is 2.29. The molecule has 4 heteroatoms. The van der Waals surface area contributed by atoms with E-state index in [1.165, 1.54) is 25.1 Å². The van der Waals surface area contributed by atoms with Crippen molar-refractivity contribution in [2.75, 3.05) is 0 Å². The smallest absolute Gasteiger partial charge is 0.152 e. The van der Waals surface area contributed by atoms with Crippen LogP contribution in [0, 0.1) is 11.6 Å². The molecule has 1 nitrogen and oxygen atoms in total. The van der Waals surface area contributed by atoms with Crippen molar-refractivity contribution in [2.45, 2.75) is 6.92 Å². The van der Waals surface area contributed by atoms with E-state index in [0.29, 0.717) is 0 Å². The summed E-state index contributed by atoms with van der Waals surface area (Å²) in [5.41, 5.74) is 0.175. The van der Waals surface area contributed by atoms with E-state index in [2.05, 4.69) is 15.9 Å². The first kappa shape index (κ1) is 11.0. The molecule has 0 amide bonds. The van der Waals surface area contributed by atoms with Gasteiger partial charge in [0.15, 0.2) is 5.78 Å². The zero-order valence-electron chi connectivity index (χ0n) is 7.35. The van der Waals surface area contributed by atoms with E-state index in [9.17, 15) is 13.6 Å². The Morgan fingerprint density at radius 2 is 2.07 bits per heavy atom. The number of benzene rings is 1. The van der Waals surface area contributed by atoms with Crippen molar-refractivity contribution in [1.82, 2.24) is 0 Å². The van der Waals surface area contributed by atoms with Gasteiger partial charge in [-0.05, 0) is 47.1 Å². The molecule has 0 fully saturated rings. The second-order valence-electron chi connectivity index (χ2n) is 2.71. The molecule has 0 bridgehead atoms. The lowest BCUT2D eigenvalue weighted by Crippen LogP contribution is -1.89. The zero-order valence-corrected chi connectivity index (χ0v) is 8.94. The maximum absolute atomic E-state index is 13.3. The minimum absolute atomic E-state index is 0.175. The van der Waals surface area contributed by atoms with Gasteiger partial charge in [0.05, 0.1) is 4.47 Å². The summed E-state index contributed by atoms with van der Waals surface area (Å²) in [5, 5.41) is 0. The molecule has 1 aromatic rings. The molecule has 14 heavy (non-hydrogen) atoms. The summed E-state index contributed by atoms with van der Waals surface area (Å²) < 4.78 is 25.8. The average molecular weight is 261 g/mol. The van der Waals surface area contributed by atoms with Crippen molar-refractivity contribution >= 4 is 27.8 Å². The van der Waals surface area contributed by atoms with Crippen molar-refractivity contribution in [3.63, 3.8) is 0 Å². The lowest BCUT2D eigenvalue weighted by atomic mass is 10.2. The highest BCUT2D eigenvalue weighted by Gasteiger charge is 2.08. The van der Waals surface area contributed by atoms with E-state index >= 15 is 0 Å². The average Bonchev–Trinajstić information content (AvgIpc) is 2.13. The van der Waals surface area contributed by atoms with Gasteiger partial charge in [0, 0.05) is 5.56 Å². The third-order valence-electron chi connectivity index (χ3n) is 1.56. The number of carbonyl (C=O) groups is 1. The highest BCUT2D eigenvalue weighted by atomic mass is 79.9. The first-order valence-electron chi connectivity index (χ1n) is 3.84. The summed E-state index contributed by atoms with van der Waals surface area (Å²) in [4.78, 5) is 10.6. The van der Waals surface area contributed by atoms with E-state index in [0.717, 1.165) is 6.07 Å². The van der Waals surface area contributed by atoms with Crippen LogP contribution in [-0.4, -0.2) is 5.78 Å². The Hall–Kier alpha value is -1.03. The second-order valence-corrected chi connectivity index (χ2v) is 3.50. The quantitative estimate of drug-likeness (QED) is 0.589. The topological polar surface area (TPSA) is 17.1 Å². The number of hydrogen-bond acceptors (Lipinski definition) is 1. The number of ketones is 1. The SMILES string of the molecule is CC(=O)/C=C/c1ccc(F)c(Br)c1F. The van der Waals surface area contributed by atoms with E-state index in [4.69, 9.17) is 0 Å². The maximum Gasteiger partial charge on any atom is 0.152 e. The summed E-state index contributed by atoms with van der Waals surface area (Å²) in [6.45, 7) is 1.35. The van der Waals surface area contributed by atoms with Gasteiger partial charge in [-0.3, -0.25) is 4.79 Å². The van der Waals surface area contributed by atoms with Gasteiger partial charge in [0.25, 0.3) is 0 Å². The molecular weight excluding hydrogens is 254 g/mol. The molecule has 1 aromatic carbocycles. The standard InChI is InChI=1S/C10H7BrF2O/c1-6(14)2-3-7-4-5-8(12)9(11)10(7)13/h2-5H,1H3/b3-2+. The molecule has 0 aliphatic heterocycles. The van der Waals surface area contributed by atoms with Gasteiger partial charge in [0.1, 0.15) is 11.6 Å². The van der Waals surface area contributed by atoms with Crippen molar-refractivity contribution in [1.29, 1.82) is 0 Å². The van der Waals surface area contributed by atoms with Gasteiger partial charge in [-0.1, -0.05) is 0 Å². The second kappa shape index (κ2) is 4.46. The molecule has 0 spiro atoms. The monoisotopic (exact) mass is 260 g/mol. The highest BCUT2D eigenvalue weighted by molar-refractivity contribution is 9.10. The number of allylic oxidation sites excluding steroid dienone is 1. The van der Waals surface area contributed by atoms with Crippen LogP contribution in [0.25, 0.3) is 6.08 Å². The molecule has 0 heterocycles. The van der Waals surface area contributed by atoms with Crippen molar-refractivity contribution in [2.24, 2.45) is 0 Å². The zero-order chi connectivity index (χ0) is 10.7. The van der Waals surface area contributed by atoms with E-state index in [1.807, 2.05) is 0 Å². The lowest BCUT2D eigenvalue weighted by molar-refractivity contribution is -0.112. The van der Waals surface area contributed by atoms with Gasteiger partial charge in [-0.25, -0.2) is 8.78 Å². The van der Waals surface area contributed by atoms with Crippen molar-refractivity contribution in [3.8, 4) is 0 Å². The van der Waals surface area contributed by atoms with Crippen molar-refractivity contribution in [3.05, 3.63) is 39.9 Å². The first-order valence-corrected chi connectivity index (χ1v) is 4.64. The van der Waals surface area contributed by atoms with Crippen LogP contribution in [0.5, 0.6) is 0 Å². The summed E-state index contributed by atoms with van der Waals surface area (Å²) in [7, 11) is 0. The summed E-state index contributed by atoms with van der Waals surface area (Å²) in [6, 6.07) is 2.40. The molecule has 0 aliphatic rings. The van der Waals surface area contributed by atoms with Crippen LogP contribution < -0.4 is 0 Å². The molecule has 0 atom stereocenters. The molecular formula is C10H7BrF2O. The van der Waals surface area contributed by atoms with Gasteiger partial charge in [0.2, 0.25) is 0 Å². The van der Waals surface area contributed by atoms with Gasteiger partial charge in [-0.2, -0.15) is 0 Å². The molecule has 74 valence electrons. The molecule has 1 rings (SSSR count). The normalized spacial score (nSPS) is 10.9. The largest absolute Gasteiger partial charge is 0.295 e. The van der Waals surface area contributed by atoms with Crippen molar-refractivity contribution < 1.29 is 13.6 Å². The highest BCUT2D eigenvalue weighted by Crippen LogP contribution is 2.23.